The van der Waals surface area contributed by atoms with Crippen LogP contribution in [0.1, 0.15) is 26.7 Å². The standard InChI is InChI=1S/C13H28N2O2/c1-11-9-13(10-12(2)17-11)16-8-6-14-5-7-15(3)4/h11-14H,5-10H2,1-4H3. The fourth-order valence-corrected chi connectivity index (χ4v) is 2.21. The first kappa shape index (κ1) is 14.9. The molecule has 102 valence electrons. The molecule has 0 aromatic rings. The van der Waals surface area contributed by atoms with Crippen LogP contribution in [0.2, 0.25) is 0 Å². The van der Waals surface area contributed by atoms with Crippen molar-refractivity contribution in [2.75, 3.05) is 40.3 Å². The molecule has 0 aromatic carbocycles. The van der Waals surface area contributed by atoms with Gasteiger partial charge in [-0.05, 0) is 40.8 Å². The van der Waals surface area contributed by atoms with Crippen LogP contribution in [0, 0.1) is 0 Å². The summed E-state index contributed by atoms with van der Waals surface area (Å²) in [7, 11) is 4.17. The van der Waals surface area contributed by atoms with Gasteiger partial charge in [0.15, 0.2) is 0 Å². The average Bonchev–Trinajstić information content (AvgIpc) is 2.21. The molecule has 2 atom stereocenters. The van der Waals surface area contributed by atoms with E-state index in [1.54, 1.807) is 0 Å². The second-order valence-electron chi connectivity index (χ2n) is 5.27. The summed E-state index contributed by atoms with van der Waals surface area (Å²) in [5.41, 5.74) is 0. The number of hydrogen-bond donors (Lipinski definition) is 1. The van der Waals surface area contributed by atoms with E-state index in [0.717, 1.165) is 39.1 Å². The first-order valence-electron chi connectivity index (χ1n) is 6.70. The molecule has 1 saturated heterocycles. The molecule has 0 spiro atoms. The van der Waals surface area contributed by atoms with E-state index in [-0.39, 0.29) is 0 Å². The Morgan fingerprint density at radius 1 is 1.18 bits per heavy atom. The SMILES string of the molecule is CC1CC(OCCNCCN(C)C)CC(C)O1. The summed E-state index contributed by atoms with van der Waals surface area (Å²) in [6.45, 7) is 8.09. The molecule has 0 aromatic heterocycles. The fourth-order valence-electron chi connectivity index (χ4n) is 2.21. The van der Waals surface area contributed by atoms with Crippen molar-refractivity contribution in [1.82, 2.24) is 10.2 Å². The molecule has 0 amide bonds. The molecule has 1 N–H and O–H groups in total. The normalized spacial score (nSPS) is 29.8. The Hall–Kier alpha value is -0.160. The summed E-state index contributed by atoms with van der Waals surface area (Å²) in [5.74, 6) is 0. The average molecular weight is 244 g/mol. The van der Waals surface area contributed by atoms with Crippen LogP contribution >= 0.6 is 0 Å². The zero-order valence-corrected chi connectivity index (χ0v) is 11.7. The smallest absolute Gasteiger partial charge is 0.0625 e. The molecular formula is C13H28N2O2. The summed E-state index contributed by atoms with van der Waals surface area (Å²) in [6, 6.07) is 0. The molecular weight excluding hydrogens is 216 g/mol. The van der Waals surface area contributed by atoms with E-state index in [1.165, 1.54) is 0 Å². The summed E-state index contributed by atoms with van der Waals surface area (Å²) >= 11 is 0. The molecule has 0 radical (unpaired) electrons. The van der Waals surface area contributed by atoms with Gasteiger partial charge in [-0.15, -0.1) is 0 Å². The minimum absolute atomic E-state index is 0.338. The number of nitrogens with zero attached hydrogens (tertiary/aromatic N) is 1. The van der Waals surface area contributed by atoms with Crippen LogP contribution in [0.25, 0.3) is 0 Å². The Morgan fingerprint density at radius 3 is 2.41 bits per heavy atom. The monoisotopic (exact) mass is 244 g/mol. The van der Waals surface area contributed by atoms with Gasteiger partial charge in [0.25, 0.3) is 0 Å². The Morgan fingerprint density at radius 2 is 1.82 bits per heavy atom. The quantitative estimate of drug-likeness (QED) is 0.680. The van der Waals surface area contributed by atoms with Crippen LogP contribution in [-0.2, 0) is 9.47 Å². The van der Waals surface area contributed by atoms with Crippen molar-refractivity contribution in [3.8, 4) is 0 Å². The van der Waals surface area contributed by atoms with Crippen LogP contribution in [0.5, 0.6) is 0 Å². The highest BCUT2D eigenvalue weighted by Crippen LogP contribution is 2.21. The zero-order chi connectivity index (χ0) is 12.7. The van der Waals surface area contributed by atoms with E-state index >= 15 is 0 Å². The molecule has 1 rings (SSSR count). The lowest BCUT2D eigenvalue weighted by Gasteiger charge is -2.32. The first-order valence-corrected chi connectivity index (χ1v) is 6.70. The molecule has 1 aliphatic rings. The number of rotatable bonds is 7. The van der Waals surface area contributed by atoms with Gasteiger partial charge in [0, 0.05) is 19.6 Å². The van der Waals surface area contributed by atoms with Crippen molar-refractivity contribution >= 4 is 0 Å². The fraction of sp³-hybridized carbons (Fsp3) is 1.00. The molecule has 0 saturated carbocycles. The van der Waals surface area contributed by atoms with Crippen molar-refractivity contribution in [2.45, 2.75) is 45.0 Å². The maximum atomic E-state index is 5.87. The van der Waals surface area contributed by atoms with Crippen molar-refractivity contribution in [1.29, 1.82) is 0 Å². The van der Waals surface area contributed by atoms with Crippen molar-refractivity contribution in [3.63, 3.8) is 0 Å². The molecule has 17 heavy (non-hydrogen) atoms. The number of ether oxygens (including phenoxy) is 2. The van der Waals surface area contributed by atoms with Crippen LogP contribution in [0.15, 0.2) is 0 Å². The van der Waals surface area contributed by atoms with E-state index in [4.69, 9.17) is 9.47 Å². The number of likely N-dealkylation sites (N-methyl/N-ethyl adjacent to an activating group) is 1. The van der Waals surface area contributed by atoms with Crippen LogP contribution in [0.3, 0.4) is 0 Å². The summed E-state index contributed by atoms with van der Waals surface area (Å²) in [5, 5.41) is 3.38. The van der Waals surface area contributed by atoms with E-state index in [0.29, 0.717) is 18.3 Å². The predicted octanol–water partition coefficient (Wildman–Crippen LogP) is 1.11. The lowest BCUT2D eigenvalue weighted by Crippen LogP contribution is -2.36. The summed E-state index contributed by atoms with van der Waals surface area (Å²) in [6.07, 6.45) is 3.12. The van der Waals surface area contributed by atoms with Crippen molar-refractivity contribution < 1.29 is 9.47 Å². The highest BCUT2D eigenvalue weighted by Gasteiger charge is 2.24. The van der Waals surface area contributed by atoms with Gasteiger partial charge in [-0.3, -0.25) is 0 Å². The second-order valence-corrected chi connectivity index (χ2v) is 5.27. The van der Waals surface area contributed by atoms with Gasteiger partial charge < -0.3 is 19.7 Å². The number of nitrogens with one attached hydrogen (secondary N) is 1. The Kier molecular flexibility index (Phi) is 7.04. The Balaban J connectivity index is 1.98. The van der Waals surface area contributed by atoms with Gasteiger partial charge in [-0.2, -0.15) is 0 Å². The summed E-state index contributed by atoms with van der Waals surface area (Å²) < 4.78 is 11.6. The van der Waals surface area contributed by atoms with Crippen LogP contribution < -0.4 is 5.32 Å². The van der Waals surface area contributed by atoms with Gasteiger partial charge in [0.1, 0.15) is 0 Å². The molecule has 1 heterocycles. The molecule has 0 aliphatic carbocycles. The molecule has 1 aliphatic heterocycles. The molecule has 0 bridgehead atoms. The van der Waals surface area contributed by atoms with E-state index < -0.39 is 0 Å². The maximum absolute atomic E-state index is 5.87. The minimum Gasteiger partial charge on any atom is -0.377 e. The highest BCUT2D eigenvalue weighted by molar-refractivity contribution is 4.73. The van der Waals surface area contributed by atoms with Crippen molar-refractivity contribution in [2.24, 2.45) is 0 Å². The number of hydrogen-bond acceptors (Lipinski definition) is 4. The van der Waals surface area contributed by atoms with Gasteiger partial charge in [0.2, 0.25) is 0 Å². The lowest BCUT2D eigenvalue weighted by atomic mass is 10.0. The predicted molar refractivity (Wildman–Crippen MR) is 70.4 cm³/mol. The Bertz CT molecular complexity index is 190. The third-order valence-corrected chi connectivity index (χ3v) is 3.02. The largest absolute Gasteiger partial charge is 0.377 e. The molecule has 2 unspecified atom stereocenters. The van der Waals surface area contributed by atoms with E-state index in [2.05, 4.69) is 38.2 Å². The zero-order valence-electron chi connectivity index (χ0n) is 11.7. The van der Waals surface area contributed by atoms with Crippen LogP contribution in [0.4, 0.5) is 0 Å². The lowest BCUT2D eigenvalue weighted by molar-refractivity contribution is -0.101. The summed E-state index contributed by atoms with van der Waals surface area (Å²) in [4.78, 5) is 2.18. The Labute approximate surface area is 106 Å². The molecule has 1 fully saturated rings. The van der Waals surface area contributed by atoms with Crippen molar-refractivity contribution in [3.05, 3.63) is 0 Å². The third-order valence-electron chi connectivity index (χ3n) is 3.02. The highest BCUT2D eigenvalue weighted by atomic mass is 16.5. The topological polar surface area (TPSA) is 33.7 Å². The first-order chi connectivity index (χ1) is 8.08. The third kappa shape index (κ3) is 6.99. The van der Waals surface area contributed by atoms with Gasteiger partial charge in [0.05, 0.1) is 24.9 Å². The van der Waals surface area contributed by atoms with E-state index in [1.807, 2.05) is 0 Å². The second kappa shape index (κ2) is 8.03. The maximum Gasteiger partial charge on any atom is 0.0625 e. The van der Waals surface area contributed by atoms with Gasteiger partial charge >= 0.3 is 0 Å². The minimum atomic E-state index is 0.338. The molecule has 4 nitrogen and oxygen atoms in total. The van der Waals surface area contributed by atoms with Gasteiger partial charge in [-0.25, -0.2) is 0 Å². The van der Waals surface area contributed by atoms with Crippen LogP contribution in [-0.4, -0.2) is 63.5 Å². The van der Waals surface area contributed by atoms with E-state index in [9.17, 15) is 0 Å². The van der Waals surface area contributed by atoms with Gasteiger partial charge in [-0.1, -0.05) is 0 Å². The molecule has 4 heteroatoms.